The Bertz CT molecular complexity index is 1230. The molecule has 0 saturated carbocycles. The molecule has 182 valence electrons. The van der Waals surface area contributed by atoms with Crippen LogP contribution in [0.15, 0.2) is 60.7 Å². The van der Waals surface area contributed by atoms with E-state index in [1.54, 1.807) is 23.8 Å². The number of likely N-dealkylation sites (N-methyl/N-ethyl adjacent to an activating group) is 1. The Morgan fingerprint density at radius 2 is 1.77 bits per heavy atom. The van der Waals surface area contributed by atoms with Crippen molar-refractivity contribution >= 4 is 34.2 Å². The van der Waals surface area contributed by atoms with Crippen molar-refractivity contribution in [3.63, 3.8) is 0 Å². The molecule has 1 aliphatic rings. The molecule has 3 amide bonds. The Morgan fingerprint density at radius 1 is 1.06 bits per heavy atom. The summed E-state index contributed by atoms with van der Waals surface area (Å²) >= 11 is 0. The van der Waals surface area contributed by atoms with E-state index in [-0.39, 0.29) is 24.1 Å². The fourth-order valence-electron chi connectivity index (χ4n) is 4.57. The van der Waals surface area contributed by atoms with Crippen molar-refractivity contribution in [3.8, 4) is 5.75 Å². The smallest absolute Gasteiger partial charge is 0.258 e. The maximum Gasteiger partial charge on any atom is 0.258 e. The summed E-state index contributed by atoms with van der Waals surface area (Å²) < 4.78 is 5.22. The van der Waals surface area contributed by atoms with Crippen LogP contribution in [-0.2, 0) is 16.1 Å². The number of benzene rings is 3. The van der Waals surface area contributed by atoms with E-state index < -0.39 is 6.04 Å². The summed E-state index contributed by atoms with van der Waals surface area (Å²) in [6, 6.07) is 18.5. The normalized spacial score (nSPS) is 13.1. The van der Waals surface area contributed by atoms with E-state index in [4.69, 9.17) is 4.74 Å². The van der Waals surface area contributed by atoms with Crippen LogP contribution >= 0.6 is 0 Å². The molecule has 1 atom stereocenters. The molecule has 35 heavy (non-hydrogen) atoms. The van der Waals surface area contributed by atoms with E-state index in [1.807, 2.05) is 67.6 Å². The van der Waals surface area contributed by atoms with Gasteiger partial charge in [0.15, 0.2) is 0 Å². The third-order valence-electron chi connectivity index (χ3n) is 6.45. The fraction of sp³-hybridized carbons (Fsp3) is 0.321. The monoisotopic (exact) mass is 473 g/mol. The van der Waals surface area contributed by atoms with Gasteiger partial charge in [-0.3, -0.25) is 14.4 Å². The van der Waals surface area contributed by atoms with Gasteiger partial charge in [0.05, 0.1) is 12.8 Å². The molecule has 0 radical (unpaired) electrons. The predicted octanol–water partition coefficient (Wildman–Crippen LogP) is 4.14. The highest BCUT2D eigenvalue weighted by Gasteiger charge is 2.30. The van der Waals surface area contributed by atoms with Crippen LogP contribution in [0.5, 0.6) is 5.75 Å². The van der Waals surface area contributed by atoms with Crippen molar-refractivity contribution in [2.75, 3.05) is 25.1 Å². The molecule has 0 aromatic heterocycles. The summed E-state index contributed by atoms with van der Waals surface area (Å²) in [6.45, 7) is 4.84. The van der Waals surface area contributed by atoms with Gasteiger partial charge in [-0.25, -0.2) is 0 Å². The lowest BCUT2D eigenvalue weighted by molar-refractivity contribution is -0.140. The van der Waals surface area contributed by atoms with E-state index in [1.165, 1.54) is 0 Å². The van der Waals surface area contributed by atoms with Crippen molar-refractivity contribution < 1.29 is 19.1 Å². The first-order valence-corrected chi connectivity index (χ1v) is 12.0. The summed E-state index contributed by atoms with van der Waals surface area (Å²) in [7, 11) is 1.60. The minimum absolute atomic E-state index is 0.0324. The summed E-state index contributed by atoms with van der Waals surface area (Å²) in [4.78, 5) is 42.2. The van der Waals surface area contributed by atoms with Crippen LogP contribution in [0, 0.1) is 0 Å². The van der Waals surface area contributed by atoms with Crippen molar-refractivity contribution in [2.24, 2.45) is 0 Å². The summed E-state index contributed by atoms with van der Waals surface area (Å²) in [5, 5.41) is 4.81. The number of carbonyl (C=O) groups excluding carboxylic acids is 3. The van der Waals surface area contributed by atoms with E-state index in [9.17, 15) is 14.4 Å². The summed E-state index contributed by atoms with van der Waals surface area (Å²) in [6.07, 6.45) is 0.728. The summed E-state index contributed by atoms with van der Waals surface area (Å²) in [5.41, 5.74) is 2.50. The largest absolute Gasteiger partial charge is 0.497 e. The maximum atomic E-state index is 13.3. The highest BCUT2D eigenvalue weighted by atomic mass is 16.5. The SMILES string of the molecule is CCNC(=O)C(C)N(Cc1ccc(OC)cc1)C(=O)CCCN1C(=O)c2cccc3cccc1c23. The zero-order chi connectivity index (χ0) is 24.9. The molecule has 0 bridgehead atoms. The topological polar surface area (TPSA) is 79.0 Å². The van der Waals surface area contributed by atoms with Gasteiger partial charge in [0.25, 0.3) is 5.91 Å². The number of hydrogen-bond acceptors (Lipinski definition) is 4. The minimum atomic E-state index is -0.615. The van der Waals surface area contributed by atoms with Gasteiger partial charge in [-0.05, 0) is 55.5 Å². The van der Waals surface area contributed by atoms with E-state index in [2.05, 4.69) is 5.32 Å². The third kappa shape index (κ3) is 4.99. The Labute approximate surface area is 205 Å². The zero-order valence-corrected chi connectivity index (χ0v) is 20.4. The lowest BCUT2D eigenvalue weighted by atomic mass is 10.1. The number of carbonyl (C=O) groups is 3. The van der Waals surface area contributed by atoms with Crippen molar-refractivity contribution in [2.45, 2.75) is 39.3 Å². The van der Waals surface area contributed by atoms with E-state index >= 15 is 0 Å². The number of anilines is 1. The van der Waals surface area contributed by atoms with Crippen LogP contribution in [0.25, 0.3) is 10.8 Å². The number of nitrogens with zero attached hydrogens (tertiary/aromatic N) is 2. The van der Waals surface area contributed by atoms with Gasteiger partial charge >= 0.3 is 0 Å². The molecule has 1 heterocycles. The van der Waals surface area contributed by atoms with E-state index in [0.717, 1.165) is 27.8 Å². The highest BCUT2D eigenvalue weighted by Crippen LogP contribution is 2.37. The molecule has 7 nitrogen and oxygen atoms in total. The Kier molecular flexibility index (Phi) is 7.34. The second-order valence-electron chi connectivity index (χ2n) is 8.68. The van der Waals surface area contributed by atoms with Gasteiger partial charge in [0.1, 0.15) is 11.8 Å². The predicted molar refractivity (Wildman–Crippen MR) is 137 cm³/mol. The average Bonchev–Trinajstić information content (AvgIpc) is 3.15. The highest BCUT2D eigenvalue weighted by molar-refractivity contribution is 6.25. The molecule has 7 heteroatoms. The van der Waals surface area contributed by atoms with Crippen molar-refractivity contribution in [1.82, 2.24) is 10.2 Å². The van der Waals surface area contributed by atoms with Crippen LogP contribution < -0.4 is 15.0 Å². The molecule has 0 saturated heterocycles. The molecule has 0 fully saturated rings. The van der Waals surface area contributed by atoms with Crippen LogP contribution in [0.4, 0.5) is 5.69 Å². The molecule has 3 aromatic carbocycles. The Balaban J connectivity index is 1.45. The lowest BCUT2D eigenvalue weighted by Crippen LogP contribution is -2.47. The molecule has 1 unspecified atom stereocenters. The number of ether oxygens (including phenoxy) is 1. The second-order valence-corrected chi connectivity index (χ2v) is 8.68. The van der Waals surface area contributed by atoms with Crippen molar-refractivity contribution in [1.29, 1.82) is 0 Å². The number of amides is 3. The number of rotatable bonds is 10. The molecule has 3 aromatic rings. The molecule has 4 rings (SSSR count). The van der Waals surface area contributed by atoms with Gasteiger partial charge in [-0.15, -0.1) is 0 Å². The maximum absolute atomic E-state index is 13.3. The van der Waals surface area contributed by atoms with E-state index in [0.29, 0.717) is 31.6 Å². The fourth-order valence-corrected chi connectivity index (χ4v) is 4.57. The van der Waals surface area contributed by atoms with Gasteiger partial charge in [-0.1, -0.05) is 36.4 Å². The molecular weight excluding hydrogens is 442 g/mol. The second kappa shape index (κ2) is 10.6. The standard InChI is InChI=1S/C28H31N3O4/c1-4-29-27(33)19(2)31(18-20-13-15-22(35-3)16-14-20)25(32)12-7-17-30-24-11-6-9-21-8-5-10-23(26(21)24)28(30)34/h5-6,8-11,13-16,19H,4,7,12,17-18H2,1-3H3,(H,29,33). The first kappa shape index (κ1) is 24.3. The van der Waals surface area contributed by atoms with Crippen LogP contribution in [0.2, 0.25) is 0 Å². The van der Waals surface area contributed by atoms with Crippen LogP contribution in [0.3, 0.4) is 0 Å². The number of nitrogens with one attached hydrogen (secondary N) is 1. The Hall–Kier alpha value is -3.87. The first-order chi connectivity index (χ1) is 16.9. The zero-order valence-electron chi connectivity index (χ0n) is 20.4. The van der Waals surface area contributed by atoms with Crippen LogP contribution in [0.1, 0.15) is 42.6 Å². The number of hydrogen-bond donors (Lipinski definition) is 1. The van der Waals surface area contributed by atoms with Crippen LogP contribution in [-0.4, -0.2) is 48.9 Å². The van der Waals surface area contributed by atoms with Gasteiger partial charge in [-0.2, -0.15) is 0 Å². The van der Waals surface area contributed by atoms with Gasteiger partial charge < -0.3 is 19.9 Å². The minimum Gasteiger partial charge on any atom is -0.497 e. The average molecular weight is 474 g/mol. The first-order valence-electron chi connectivity index (χ1n) is 12.0. The molecule has 1 aliphatic heterocycles. The summed E-state index contributed by atoms with van der Waals surface area (Å²) in [5.74, 6) is 0.387. The lowest BCUT2D eigenvalue weighted by Gasteiger charge is -2.29. The third-order valence-corrected chi connectivity index (χ3v) is 6.45. The molecule has 1 N–H and O–H groups in total. The molecule has 0 spiro atoms. The van der Waals surface area contributed by atoms with Crippen molar-refractivity contribution in [3.05, 3.63) is 71.8 Å². The number of methoxy groups -OCH3 is 1. The van der Waals surface area contributed by atoms with Gasteiger partial charge in [0, 0.05) is 37.0 Å². The molecular formula is C28H31N3O4. The molecule has 0 aliphatic carbocycles. The van der Waals surface area contributed by atoms with Gasteiger partial charge in [0.2, 0.25) is 11.8 Å². The Morgan fingerprint density at radius 3 is 2.46 bits per heavy atom. The quantitative estimate of drug-likeness (QED) is 0.480.